The Balaban J connectivity index is 1.85. The van der Waals surface area contributed by atoms with Gasteiger partial charge in [0.15, 0.2) is 0 Å². The van der Waals surface area contributed by atoms with Gasteiger partial charge in [-0.05, 0) is 31.5 Å². The fraction of sp³-hybridized carbons (Fsp3) is 0.600. The zero-order chi connectivity index (χ0) is 12.2. The van der Waals surface area contributed by atoms with Crippen LogP contribution in [0.4, 0.5) is 0 Å². The van der Waals surface area contributed by atoms with Crippen molar-refractivity contribution in [3.05, 3.63) is 35.9 Å². The maximum Gasteiger partial charge on any atom is 0.0716 e. The standard InChI is InChI=1S/C15H25NO/c1-2-3-7-11-16-12-8-13-17-14-15-9-5-4-6-10-15/h4-6,9-10,16H,2-3,7-8,11-14H2,1H3. The van der Waals surface area contributed by atoms with E-state index in [0.29, 0.717) is 0 Å². The minimum absolute atomic E-state index is 0.733. The molecule has 1 rings (SSSR count). The summed E-state index contributed by atoms with van der Waals surface area (Å²) in [6, 6.07) is 10.3. The van der Waals surface area contributed by atoms with Crippen LogP contribution >= 0.6 is 0 Å². The number of ether oxygens (including phenoxy) is 1. The van der Waals surface area contributed by atoms with Crippen molar-refractivity contribution >= 4 is 0 Å². The van der Waals surface area contributed by atoms with Gasteiger partial charge < -0.3 is 10.1 Å². The van der Waals surface area contributed by atoms with Crippen molar-refractivity contribution < 1.29 is 4.74 Å². The SMILES string of the molecule is CCCCCNCCCOCc1ccccc1. The van der Waals surface area contributed by atoms with E-state index in [9.17, 15) is 0 Å². The molecule has 0 amide bonds. The number of nitrogens with one attached hydrogen (secondary N) is 1. The predicted molar refractivity (Wildman–Crippen MR) is 73.1 cm³/mol. The van der Waals surface area contributed by atoms with Gasteiger partial charge in [-0.25, -0.2) is 0 Å². The molecule has 0 radical (unpaired) electrons. The van der Waals surface area contributed by atoms with Crippen molar-refractivity contribution in [2.75, 3.05) is 19.7 Å². The summed E-state index contributed by atoms with van der Waals surface area (Å²) in [6.45, 7) is 6.02. The van der Waals surface area contributed by atoms with Crippen LogP contribution in [-0.2, 0) is 11.3 Å². The van der Waals surface area contributed by atoms with E-state index >= 15 is 0 Å². The Morgan fingerprint density at radius 1 is 1.00 bits per heavy atom. The van der Waals surface area contributed by atoms with E-state index in [-0.39, 0.29) is 0 Å². The van der Waals surface area contributed by atoms with Crippen LogP contribution in [0.15, 0.2) is 30.3 Å². The second kappa shape index (κ2) is 10.3. The molecule has 0 spiro atoms. The minimum Gasteiger partial charge on any atom is -0.377 e. The maximum absolute atomic E-state index is 5.61. The van der Waals surface area contributed by atoms with Crippen molar-refractivity contribution in [1.82, 2.24) is 5.32 Å². The van der Waals surface area contributed by atoms with E-state index in [4.69, 9.17) is 4.74 Å². The van der Waals surface area contributed by atoms with Gasteiger partial charge in [-0.15, -0.1) is 0 Å². The second-order valence-electron chi connectivity index (χ2n) is 4.35. The number of hydrogen-bond acceptors (Lipinski definition) is 2. The molecule has 0 saturated carbocycles. The summed E-state index contributed by atoms with van der Waals surface area (Å²) < 4.78 is 5.61. The van der Waals surface area contributed by atoms with Crippen molar-refractivity contribution in [3.8, 4) is 0 Å². The Morgan fingerprint density at radius 3 is 2.53 bits per heavy atom. The first-order chi connectivity index (χ1) is 8.43. The number of rotatable bonds is 10. The lowest BCUT2D eigenvalue weighted by atomic mass is 10.2. The van der Waals surface area contributed by atoms with Gasteiger partial charge in [0, 0.05) is 6.61 Å². The summed E-state index contributed by atoms with van der Waals surface area (Å²) >= 11 is 0. The van der Waals surface area contributed by atoms with Crippen molar-refractivity contribution in [2.45, 2.75) is 39.2 Å². The predicted octanol–water partition coefficient (Wildman–Crippen LogP) is 3.37. The Bertz CT molecular complexity index is 261. The van der Waals surface area contributed by atoms with Gasteiger partial charge in [0.1, 0.15) is 0 Å². The van der Waals surface area contributed by atoms with Gasteiger partial charge in [-0.3, -0.25) is 0 Å². The van der Waals surface area contributed by atoms with Crippen LogP contribution in [0.1, 0.15) is 38.2 Å². The van der Waals surface area contributed by atoms with Gasteiger partial charge in [0.25, 0.3) is 0 Å². The molecular weight excluding hydrogens is 210 g/mol. The first kappa shape index (κ1) is 14.2. The summed E-state index contributed by atoms with van der Waals surface area (Å²) in [5.41, 5.74) is 1.25. The lowest BCUT2D eigenvalue weighted by Gasteiger charge is -2.05. The summed E-state index contributed by atoms with van der Waals surface area (Å²) in [7, 11) is 0. The molecule has 0 aromatic heterocycles. The highest BCUT2D eigenvalue weighted by atomic mass is 16.5. The molecule has 0 aliphatic rings. The second-order valence-corrected chi connectivity index (χ2v) is 4.35. The van der Waals surface area contributed by atoms with Crippen LogP contribution in [0, 0.1) is 0 Å². The zero-order valence-electron chi connectivity index (χ0n) is 11.0. The lowest BCUT2D eigenvalue weighted by molar-refractivity contribution is 0.118. The first-order valence-electron chi connectivity index (χ1n) is 6.76. The Kier molecular flexibility index (Phi) is 8.61. The molecule has 0 unspecified atom stereocenters. The van der Waals surface area contributed by atoms with E-state index in [1.165, 1.54) is 24.8 Å². The molecule has 1 N–H and O–H groups in total. The fourth-order valence-electron chi connectivity index (χ4n) is 1.69. The molecule has 2 heteroatoms. The topological polar surface area (TPSA) is 21.3 Å². The average molecular weight is 235 g/mol. The Labute approximate surface area is 105 Å². The highest BCUT2D eigenvalue weighted by molar-refractivity contribution is 5.13. The van der Waals surface area contributed by atoms with Gasteiger partial charge in [-0.1, -0.05) is 50.1 Å². The van der Waals surface area contributed by atoms with Crippen molar-refractivity contribution in [2.24, 2.45) is 0 Å². The quantitative estimate of drug-likeness (QED) is 0.628. The molecular formula is C15H25NO. The molecule has 0 heterocycles. The van der Waals surface area contributed by atoms with Gasteiger partial charge >= 0.3 is 0 Å². The van der Waals surface area contributed by atoms with Crippen LogP contribution in [0.25, 0.3) is 0 Å². The number of benzene rings is 1. The summed E-state index contributed by atoms with van der Waals surface area (Å²) in [5.74, 6) is 0. The Hall–Kier alpha value is -0.860. The van der Waals surface area contributed by atoms with Gasteiger partial charge in [-0.2, -0.15) is 0 Å². The first-order valence-corrected chi connectivity index (χ1v) is 6.76. The van der Waals surface area contributed by atoms with Crippen LogP contribution in [-0.4, -0.2) is 19.7 Å². The fourth-order valence-corrected chi connectivity index (χ4v) is 1.69. The van der Waals surface area contributed by atoms with Crippen molar-refractivity contribution in [3.63, 3.8) is 0 Å². The zero-order valence-corrected chi connectivity index (χ0v) is 11.0. The van der Waals surface area contributed by atoms with Crippen LogP contribution in [0.2, 0.25) is 0 Å². The smallest absolute Gasteiger partial charge is 0.0716 e. The molecule has 2 nitrogen and oxygen atoms in total. The molecule has 0 saturated heterocycles. The largest absolute Gasteiger partial charge is 0.377 e. The maximum atomic E-state index is 5.61. The summed E-state index contributed by atoms with van der Waals surface area (Å²) in [5, 5.41) is 3.44. The van der Waals surface area contributed by atoms with Crippen molar-refractivity contribution in [1.29, 1.82) is 0 Å². The normalized spacial score (nSPS) is 10.6. The van der Waals surface area contributed by atoms with E-state index in [1.807, 2.05) is 18.2 Å². The van der Waals surface area contributed by atoms with Gasteiger partial charge in [0.05, 0.1) is 6.61 Å². The molecule has 96 valence electrons. The van der Waals surface area contributed by atoms with E-state index in [1.54, 1.807) is 0 Å². The molecule has 0 aliphatic heterocycles. The monoisotopic (exact) mass is 235 g/mol. The molecule has 1 aromatic carbocycles. The molecule has 0 aliphatic carbocycles. The molecule has 1 aromatic rings. The molecule has 0 atom stereocenters. The van der Waals surface area contributed by atoms with Crippen LogP contribution in [0.5, 0.6) is 0 Å². The summed E-state index contributed by atoms with van der Waals surface area (Å²) in [4.78, 5) is 0. The van der Waals surface area contributed by atoms with Crippen LogP contribution < -0.4 is 5.32 Å². The van der Waals surface area contributed by atoms with Gasteiger partial charge in [0.2, 0.25) is 0 Å². The highest BCUT2D eigenvalue weighted by Crippen LogP contribution is 2.00. The number of hydrogen-bond donors (Lipinski definition) is 1. The van der Waals surface area contributed by atoms with Crippen LogP contribution in [0.3, 0.4) is 0 Å². The minimum atomic E-state index is 0.733. The third kappa shape index (κ3) is 7.94. The lowest BCUT2D eigenvalue weighted by Crippen LogP contribution is -2.18. The third-order valence-corrected chi connectivity index (χ3v) is 2.71. The van der Waals surface area contributed by atoms with E-state index in [0.717, 1.165) is 32.7 Å². The van der Waals surface area contributed by atoms with E-state index < -0.39 is 0 Å². The third-order valence-electron chi connectivity index (χ3n) is 2.71. The average Bonchev–Trinajstić information content (AvgIpc) is 2.38. The number of unbranched alkanes of at least 4 members (excludes halogenated alkanes) is 2. The molecule has 0 bridgehead atoms. The molecule has 0 fully saturated rings. The van der Waals surface area contributed by atoms with E-state index in [2.05, 4.69) is 24.4 Å². The summed E-state index contributed by atoms with van der Waals surface area (Å²) in [6.07, 6.45) is 5.01. The molecule has 17 heavy (non-hydrogen) atoms. The Morgan fingerprint density at radius 2 is 1.76 bits per heavy atom. The highest BCUT2D eigenvalue weighted by Gasteiger charge is 1.92.